The van der Waals surface area contributed by atoms with Crippen LogP contribution in [0.15, 0.2) is 54.7 Å². The minimum Gasteiger partial charge on any atom is -0.496 e. The molecule has 0 aliphatic heterocycles. The average molecular weight is 444 g/mol. The van der Waals surface area contributed by atoms with Crippen LogP contribution in [0.3, 0.4) is 0 Å². The molecule has 0 saturated heterocycles. The number of ether oxygens (including phenoxy) is 1. The van der Waals surface area contributed by atoms with Gasteiger partial charge < -0.3 is 15.0 Å². The summed E-state index contributed by atoms with van der Waals surface area (Å²) in [6.45, 7) is 2.34. The number of aromatic amines is 1. The SMILES string of the molecule is CCNC(=O)c1cc(C(=O)N(C)C)cc(-c2cnc3[nH]nc(-c4ccccc4OC)c3c2)c1. The van der Waals surface area contributed by atoms with Crippen LogP contribution in [0.5, 0.6) is 5.75 Å². The molecule has 0 aliphatic carbocycles. The van der Waals surface area contributed by atoms with Crippen LogP contribution >= 0.6 is 0 Å². The number of carbonyl (C=O) groups is 2. The van der Waals surface area contributed by atoms with E-state index < -0.39 is 0 Å². The monoisotopic (exact) mass is 443 g/mol. The van der Waals surface area contributed by atoms with Gasteiger partial charge in [-0.3, -0.25) is 14.7 Å². The van der Waals surface area contributed by atoms with Crippen molar-refractivity contribution in [2.24, 2.45) is 0 Å². The Balaban J connectivity index is 1.88. The molecule has 8 heteroatoms. The lowest BCUT2D eigenvalue weighted by Crippen LogP contribution is -2.25. The van der Waals surface area contributed by atoms with E-state index in [4.69, 9.17) is 4.74 Å². The number of H-pyrrole nitrogens is 1. The molecule has 0 spiro atoms. The molecule has 2 amide bonds. The minimum atomic E-state index is -0.237. The van der Waals surface area contributed by atoms with E-state index in [1.165, 1.54) is 4.90 Å². The van der Waals surface area contributed by atoms with Crippen molar-refractivity contribution >= 4 is 22.8 Å². The van der Waals surface area contributed by atoms with Crippen molar-refractivity contribution in [1.82, 2.24) is 25.4 Å². The fourth-order valence-corrected chi connectivity index (χ4v) is 3.68. The first-order valence-corrected chi connectivity index (χ1v) is 10.6. The van der Waals surface area contributed by atoms with E-state index in [-0.39, 0.29) is 11.8 Å². The zero-order valence-electron chi connectivity index (χ0n) is 19.0. The molecular formula is C25H25N5O3. The summed E-state index contributed by atoms with van der Waals surface area (Å²) in [6.07, 6.45) is 1.70. The number of benzene rings is 2. The summed E-state index contributed by atoms with van der Waals surface area (Å²) in [5.74, 6) is 0.280. The highest BCUT2D eigenvalue weighted by molar-refractivity contribution is 6.02. The molecule has 8 nitrogen and oxygen atoms in total. The molecule has 2 heterocycles. The van der Waals surface area contributed by atoms with Crippen molar-refractivity contribution < 1.29 is 14.3 Å². The molecule has 0 atom stereocenters. The zero-order chi connectivity index (χ0) is 23.5. The molecular weight excluding hydrogens is 418 g/mol. The van der Waals surface area contributed by atoms with Crippen molar-refractivity contribution in [3.63, 3.8) is 0 Å². The maximum absolute atomic E-state index is 12.7. The van der Waals surface area contributed by atoms with Gasteiger partial charge in [-0.05, 0) is 48.9 Å². The largest absolute Gasteiger partial charge is 0.496 e. The minimum absolute atomic E-state index is 0.186. The Hall–Kier alpha value is -4.20. The van der Waals surface area contributed by atoms with Crippen LogP contribution in [-0.2, 0) is 0 Å². The summed E-state index contributed by atoms with van der Waals surface area (Å²) < 4.78 is 5.50. The molecule has 0 unspecified atom stereocenters. The van der Waals surface area contributed by atoms with Crippen LogP contribution < -0.4 is 10.1 Å². The second-order valence-corrected chi connectivity index (χ2v) is 7.75. The second-order valence-electron chi connectivity index (χ2n) is 7.75. The van der Waals surface area contributed by atoms with Gasteiger partial charge in [0.1, 0.15) is 11.4 Å². The third kappa shape index (κ3) is 4.27. The van der Waals surface area contributed by atoms with Crippen molar-refractivity contribution in [2.75, 3.05) is 27.7 Å². The van der Waals surface area contributed by atoms with E-state index in [1.54, 1.807) is 45.6 Å². The van der Waals surface area contributed by atoms with Crippen molar-refractivity contribution in [2.45, 2.75) is 6.92 Å². The van der Waals surface area contributed by atoms with E-state index in [2.05, 4.69) is 20.5 Å². The van der Waals surface area contributed by atoms with Crippen LogP contribution in [0, 0.1) is 0 Å². The fourth-order valence-electron chi connectivity index (χ4n) is 3.68. The molecule has 2 aromatic carbocycles. The van der Waals surface area contributed by atoms with Crippen LogP contribution in [0.25, 0.3) is 33.4 Å². The smallest absolute Gasteiger partial charge is 0.253 e. The summed E-state index contributed by atoms with van der Waals surface area (Å²) in [5.41, 5.74) is 4.49. The van der Waals surface area contributed by atoms with E-state index in [1.807, 2.05) is 37.3 Å². The number of hydrogen-bond donors (Lipinski definition) is 2. The van der Waals surface area contributed by atoms with Gasteiger partial charge in [0.25, 0.3) is 11.8 Å². The van der Waals surface area contributed by atoms with Gasteiger partial charge in [0, 0.05) is 54.5 Å². The number of carbonyl (C=O) groups excluding carboxylic acids is 2. The Bertz CT molecular complexity index is 1340. The molecule has 2 aromatic heterocycles. The van der Waals surface area contributed by atoms with Crippen LogP contribution in [-0.4, -0.2) is 59.6 Å². The number of methoxy groups -OCH3 is 1. The third-order valence-electron chi connectivity index (χ3n) is 5.30. The van der Waals surface area contributed by atoms with Crippen LogP contribution in [0.4, 0.5) is 0 Å². The Morgan fingerprint density at radius 3 is 2.55 bits per heavy atom. The molecule has 33 heavy (non-hydrogen) atoms. The third-order valence-corrected chi connectivity index (χ3v) is 5.30. The summed E-state index contributed by atoms with van der Waals surface area (Å²) in [6, 6.07) is 14.7. The summed E-state index contributed by atoms with van der Waals surface area (Å²) >= 11 is 0. The Morgan fingerprint density at radius 2 is 1.82 bits per heavy atom. The van der Waals surface area contributed by atoms with Gasteiger partial charge in [0.2, 0.25) is 0 Å². The number of pyridine rings is 1. The van der Waals surface area contributed by atoms with Gasteiger partial charge in [0.15, 0.2) is 5.65 Å². The van der Waals surface area contributed by atoms with Gasteiger partial charge in [-0.25, -0.2) is 4.98 Å². The Kier molecular flexibility index (Phi) is 6.08. The number of nitrogens with zero attached hydrogens (tertiary/aromatic N) is 3. The van der Waals surface area contributed by atoms with Crippen LogP contribution in [0.2, 0.25) is 0 Å². The summed E-state index contributed by atoms with van der Waals surface area (Å²) in [5, 5.41) is 11.0. The predicted molar refractivity (Wildman–Crippen MR) is 127 cm³/mol. The zero-order valence-corrected chi connectivity index (χ0v) is 19.0. The van der Waals surface area contributed by atoms with Crippen molar-refractivity contribution in [1.29, 1.82) is 0 Å². The maximum atomic E-state index is 12.7. The molecule has 2 N–H and O–H groups in total. The maximum Gasteiger partial charge on any atom is 0.253 e. The highest BCUT2D eigenvalue weighted by Crippen LogP contribution is 2.34. The Morgan fingerprint density at radius 1 is 1.06 bits per heavy atom. The molecule has 0 radical (unpaired) electrons. The summed E-state index contributed by atoms with van der Waals surface area (Å²) in [7, 11) is 4.98. The number of hydrogen-bond acceptors (Lipinski definition) is 5. The fraction of sp³-hybridized carbons (Fsp3) is 0.200. The molecule has 4 aromatic rings. The van der Waals surface area contributed by atoms with Crippen LogP contribution in [0.1, 0.15) is 27.6 Å². The van der Waals surface area contributed by atoms with E-state index in [0.717, 1.165) is 16.5 Å². The highest BCUT2D eigenvalue weighted by Gasteiger charge is 2.17. The number of aromatic nitrogens is 3. The first-order valence-electron chi connectivity index (χ1n) is 10.6. The lowest BCUT2D eigenvalue weighted by molar-refractivity contribution is 0.0827. The lowest BCUT2D eigenvalue weighted by atomic mass is 9.98. The average Bonchev–Trinajstić information content (AvgIpc) is 3.26. The highest BCUT2D eigenvalue weighted by atomic mass is 16.5. The van der Waals surface area contributed by atoms with Crippen molar-refractivity contribution in [3.8, 4) is 28.1 Å². The van der Waals surface area contributed by atoms with Gasteiger partial charge in [0.05, 0.1) is 7.11 Å². The number of amides is 2. The van der Waals surface area contributed by atoms with E-state index >= 15 is 0 Å². The standard InChI is InChI=1S/C25H25N5O3/c1-5-26-24(31)16-10-15(11-17(12-16)25(32)30(2)3)18-13-20-22(28-29-23(20)27-14-18)19-8-6-7-9-21(19)33-4/h6-14H,5H2,1-4H3,(H,26,31)(H,27,28,29). The topological polar surface area (TPSA) is 100 Å². The molecule has 0 fully saturated rings. The number of nitrogens with one attached hydrogen (secondary N) is 2. The molecule has 0 aliphatic rings. The van der Waals surface area contributed by atoms with Gasteiger partial charge >= 0.3 is 0 Å². The van der Waals surface area contributed by atoms with E-state index in [9.17, 15) is 9.59 Å². The molecule has 0 saturated carbocycles. The molecule has 4 rings (SSSR count). The lowest BCUT2D eigenvalue weighted by Gasteiger charge is -2.14. The van der Waals surface area contributed by atoms with Gasteiger partial charge in [-0.1, -0.05) is 12.1 Å². The molecule has 0 bridgehead atoms. The Labute approximate surface area is 191 Å². The quantitative estimate of drug-likeness (QED) is 0.473. The normalized spacial score (nSPS) is 10.8. The van der Waals surface area contributed by atoms with Crippen molar-refractivity contribution in [3.05, 3.63) is 65.9 Å². The number of para-hydroxylation sites is 1. The van der Waals surface area contributed by atoms with E-state index in [0.29, 0.717) is 40.3 Å². The first-order chi connectivity index (χ1) is 15.9. The number of fused-ring (bicyclic) bond motifs is 1. The summed E-state index contributed by atoms with van der Waals surface area (Å²) in [4.78, 5) is 31.3. The number of rotatable bonds is 6. The first kappa shape index (κ1) is 22.0. The second kappa shape index (κ2) is 9.12. The van der Waals surface area contributed by atoms with Gasteiger partial charge in [-0.2, -0.15) is 5.10 Å². The van der Waals surface area contributed by atoms with Gasteiger partial charge in [-0.15, -0.1) is 0 Å². The predicted octanol–water partition coefficient (Wildman–Crippen LogP) is 3.75. The molecule has 168 valence electrons.